The SMILES string of the molecule is CC(NCCOc1c(Br)cccc1Br)C1CCCO1. The van der Waals surface area contributed by atoms with Gasteiger partial charge in [0.25, 0.3) is 0 Å². The maximum absolute atomic E-state index is 5.78. The standard InChI is InChI=1S/C14H19Br2NO2/c1-10(13-6-3-8-18-13)17-7-9-19-14-11(15)4-2-5-12(14)16/h2,4-5,10,13,17H,3,6-9H2,1H3. The second kappa shape index (κ2) is 7.62. The summed E-state index contributed by atoms with van der Waals surface area (Å²) in [6, 6.07) is 6.30. The van der Waals surface area contributed by atoms with Crippen molar-refractivity contribution in [2.75, 3.05) is 19.8 Å². The zero-order valence-electron chi connectivity index (χ0n) is 11.0. The second-order valence-corrected chi connectivity index (χ2v) is 6.40. The van der Waals surface area contributed by atoms with Crippen LogP contribution < -0.4 is 10.1 Å². The van der Waals surface area contributed by atoms with E-state index in [-0.39, 0.29) is 0 Å². The fourth-order valence-electron chi connectivity index (χ4n) is 2.19. The van der Waals surface area contributed by atoms with Gasteiger partial charge in [-0.1, -0.05) is 6.07 Å². The third kappa shape index (κ3) is 4.45. The number of benzene rings is 1. The molecule has 1 aliphatic rings. The van der Waals surface area contributed by atoms with Crippen molar-refractivity contribution < 1.29 is 9.47 Å². The molecule has 0 radical (unpaired) electrons. The van der Waals surface area contributed by atoms with Gasteiger partial charge in [0.15, 0.2) is 0 Å². The molecular formula is C14H19Br2NO2. The first kappa shape index (κ1) is 15.3. The Kier molecular flexibility index (Phi) is 6.13. The normalized spacial score (nSPS) is 20.5. The van der Waals surface area contributed by atoms with Crippen molar-refractivity contribution in [1.82, 2.24) is 5.32 Å². The smallest absolute Gasteiger partial charge is 0.147 e. The fraction of sp³-hybridized carbons (Fsp3) is 0.571. The van der Waals surface area contributed by atoms with E-state index >= 15 is 0 Å². The van der Waals surface area contributed by atoms with Crippen LogP contribution in [0.15, 0.2) is 27.1 Å². The molecule has 5 heteroatoms. The summed E-state index contributed by atoms with van der Waals surface area (Å²) in [5.41, 5.74) is 0. The van der Waals surface area contributed by atoms with Crippen molar-refractivity contribution >= 4 is 31.9 Å². The first-order valence-electron chi connectivity index (χ1n) is 6.60. The number of para-hydroxylation sites is 1. The predicted molar refractivity (Wildman–Crippen MR) is 83.8 cm³/mol. The highest BCUT2D eigenvalue weighted by molar-refractivity contribution is 9.11. The summed E-state index contributed by atoms with van der Waals surface area (Å²) < 4.78 is 13.4. The molecule has 19 heavy (non-hydrogen) atoms. The predicted octanol–water partition coefficient (Wildman–Crippen LogP) is 3.75. The summed E-state index contributed by atoms with van der Waals surface area (Å²) >= 11 is 6.97. The molecule has 1 aromatic carbocycles. The van der Waals surface area contributed by atoms with Gasteiger partial charge in [-0.3, -0.25) is 0 Å². The molecule has 2 rings (SSSR count). The number of ether oxygens (including phenoxy) is 2. The summed E-state index contributed by atoms with van der Waals surface area (Å²) in [5.74, 6) is 0.856. The summed E-state index contributed by atoms with van der Waals surface area (Å²) in [4.78, 5) is 0. The van der Waals surface area contributed by atoms with Crippen LogP contribution in [0, 0.1) is 0 Å². The highest BCUT2D eigenvalue weighted by atomic mass is 79.9. The van der Waals surface area contributed by atoms with Crippen LogP contribution >= 0.6 is 31.9 Å². The summed E-state index contributed by atoms with van der Waals surface area (Å²) in [6.07, 6.45) is 2.69. The van der Waals surface area contributed by atoms with E-state index < -0.39 is 0 Å². The average molecular weight is 393 g/mol. The number of rotatable bonds is 6. The number of nitrogens with one attached hydrogen (secondary N) is 1. The van der Waals surface area contributed by atoms with Gasteiger partial charge in [0.05, 0.1) is 15.0 Å². The first-order chi connectivity index (χ1) is 9.18. The van der Waals surface area contributed by atoms with Crippen LogP contribution in [0.5, 0.6) is 5.75 Å². The van der Waals surface area contributed by atoms with Crippen molar-refractivity contribution in [3.05, 3.63) is 27.1 Å². The van der Waals surface area contributed by atoms with Crippen LogP contribution in [-0.4, -0.2) is 31.9 Å². The molecule has 0 aliphatic carbocycles. The Morgan fingerprint density at radius 1 is 1.42 bits per heavy atom. The first-order valence-corrected chi connectivity index (χ1v) is 8.19. The summed E-state index contributed by atoms with van der Waals surface area (Å²) in [5, 5.41) is 3.45. The zero-order chi connectivity index (χ0) is 13.7. The molecule has 1 heterocycles. The minimum Gasteiger partial charge on any atom is -0.490 e. The summed E-state index contributed by atoms with van der Waals surface area (Å²) in [7, 11) is 0. The number of hydrogen-bond donors (Lipinski definition) is 1. The maximum atomic E-state index is 5.78. The lowest BCUT2D eigenvalue weighted by molar-refractivity contribution is 0.0824. The maximum Gasteiger partial charge on any atom is 0.147 e. The lowest BCUT2D eigenvalue weighted by atomic mass is 10.1. The van der Waals surface area contributed by atoms with Crippen LogP contribution in [0.1, 0.15) is 19.8 Å². The Labute approximate surface area is 131 Å². The molecule has 0 aromatic heterocycles. The molecule has 2 unspecified atom stereocenters. The molecule has 0 spiro atoms. The van der Waals surface area contributed by atoms with Gasteiger partial charge >= 0.3 is 0 Å². The van der Waals surface area contributed by atoms with E-state index in [1.807, 2.05) is 18.2 Å². The lowest BCUT2D eigenvalue weighted by Gasteiger charge is -2.20. The zero-order valence-corrected chi connectivity index (χ0v) is 14.2. The van der Waals surface area contributed by atoms with Gasteiger partial charge in [-0.15, -0.1) is 0 Å². The van der Waals surface area contributed by atoms with E-state index in [1.54, 1.807) is 0 Å². The third-order valence-corrected chi connectivity index (χ3v) is 4.51. The van der Waals surface area contributed by atoms with Crippen molar-refractivity contribution in [3.8, 4) is 5.75 Å². The average Bonchev–Trinajstić information content (AvgIpc) is 2.91. The lowest BCUT2D eigenvalue weighted by Crippen LogP contribution is -2.39. The molecule has 0 bridgehead atoms. The van der Waals surface area contributed by atoms with Crippen LogP contribution in [0.3, 0.4) is 0 Å². The van der Waals surface area contributed by atoms with Crippen molar-refractivity contribution in [2.45, 2.75) is 31.9 Å². The van der Waals surface area contributed by atoms with E-state index in [9.17, 15) is 0 Å². The van der Waals surface area contributed by atoms with Gasteiger partial charge in [-0.2, -0.15) is 0 Å². The molecule has 1 aromatic rings. The van der Waals surface area contributed by atoms with E-state index in [0.717, 1.165) is 34.3 Å². The van der Waals surface area contributed by atoms with Crippen molar-refractivity contribution in [1.29, 1.82) is 0 Å². The minimum atomic E-state index is 0.357. The number of halogens is 2. The quantitative estimate of drug-likeness (QED) is 0.748. The fourth-order valence-corrected chi connectivity index (χ4v) is 3.42. The molecule has 1 N–H and O–H groups in total. The molecule has 2 atom stereocenters. The van der Waals surface area contributed by atoms with Crippen molar-refractivity contribution in [3.63, 3.8) is 0 Å². The molecule has 106 valence electrons. The van der Waals surface area contributed by atoms with Gasteiger partial charge < -0.3 is 14.8 Å². The monoisotopic (exact) mass is 391 g/mol. The highest BCUT2D eigenvalue weighted by Crippen LogP contribution is 2.32. The van der Waals surface area contributed by atoms with Crippen LogP contribution in [-0.2, 0) is 4.74 Å². The van der Waals surface area contributed by atoms with Gasteiger partial charge in [0.1, 0.15) is 12.4 Å². The van der Waals surface area contributed by atoms with Gasteiger partial charge in [-0.05, 0) is 63.8 Å². The minimum absolute atomic E-state index is 0.357. The Bertz CT molecular complexity index is 388. The topological polar surface area (TPSA) is 30.5 Å². The van der Waals surface area contributed by atoms with Crippen LogP contribution in [0.25, 0.3) is 0 Å². The third-order valence-electron chi connectivity index (χ3n) is 3.26. The largest absolute Gasteiger partial charge is 0.490 e. The molecule has 1 saturated heterocycles. The Hall–Kier alpha value is -0.100. The van der Waals surface area contributed by atoms with Gasteiger partial charge in [0, 0.05) is 19.2 Å². The van der Waals surface area contributed by atoms with E-state index in [1.165, 1.54) is 6.42 Å². The van der Waals surface area contributed by atoms with Crippen LogP contribution in [0.4, 0.5) is 0 Å². The van der Waals surface area contributed by atoms with Crippen LogP contribution in [0.2, 0.25) is 0 Å². The highest BCUT2D eigenvalue weighted by Gasteiger charge is 2.21. The van der Waals surface area contributed by atoms with Gasteiger partial charge in [-0.25, -0.2) is 0 Å². The Morgan fingerprint density at radius 3 is 2.79 bits per heavy atom. The summed E-state index contributed by atoms with van der Waals surface area (Å²) in [6.45, 7) is 4.52. The van der Waals surface area contributed by atoms with E-state index in [0.29, 0.717) is 18.8 Å². The molecular weight excluding hydrogens is 374 g/mol. The second-order valence-electron chi connectivity index (χ2n) is 4.69. The Morgan fingerprint density at radius 2 is 2.16 bits per heavy atom. The van der Waals surface area contributed by atoms with Gasteiger partial charge in [0.2, 0.25) is 0 Å². The Balaban J connectivity index is 1.71. The molecule has 1 fully saturated rings. The molecule has 0 amide bonds. The molecule has 1 aliphatic heterocycles. The van der Waals surface area contributed by atoms with Crippen molar-refractivity contribution in [2.24, 2.45) is 0 Å². The number of hydrogen-bond acceptors (Lipinski definition) is 3. The van der Waals surface area contributed by atoms with E-state index in [4.69, 9.17) is 9.47 Å². The molecule has 3 nitrogen and oxygen atoms in total. The molecule has 0 saturated carbocycles. The van der Waals surface area contributed by atoms with E-state index in [2.05, 4.69) is 44.1 Å².